The summed E-state index contributed by atoms with van der Waals surface area (Å²) in [6.45, 7) is 2.69. The molecule has 1 saturated heterocycles. The van der Waals surface area contributed by atoms with E-state index in [0.717, 1.165) is 13.1 Å². The molecule has 1 aromatic rings. The van der Waals surface area contributed by atoms with Crippen LogP contribution in [0.4, 0.5) is 4.39 Å². The lowest BCUT2D eigenvalue weighted by Gasteiger charge is -2.27. The Morgan fingerprint density at radius 3 is 2.65 bits per heavy atom. The molecule has 0 aromatic heterocycles. The first kappa shape index (κ1) is 14.2. The van der Waals surface area contributed by atoms with Gasteiger partial charge < -0.3 is 10.2 Å². The van der Waals surface area contributed by atoms with Gasteiger partial charge in [0.2, 0.25) is 0 Å². The summed E-state index contributed by atoms with van der Waals surface area (Å²) in [6, 6.07) is 4.03. The van der Waals surface area contributed by atoms with Crippen molar-refractivity contribution in [2.24, 2.45) is 0 Å². The van der Waals surface area contributed by atoms with E-state index in [1.165, 1.54) is 18.2 Å². The van der Waals surface area contributed by atoms with Crippen LogP contribution < -0.4 is 5.32 Å². The maximum atomic E-state index is 13.5. The summed E-state index contributed by atoms with van der Waals surface area (Å²) in [5.74, 6) is -0.811. The molecule has 2 rings (SSSR count). The molecule has 0 saturated carbocycles. The summed E-state index contributed by atoms with van der Waals surface area (Å²) in [5.41, 5.74) is 0.0504. The van der Waals surface area contributed by atoms with E-state index in [1.807, 2.05) is 0 Å². The number of nitrogens with one attached hydrogen (secondary N) is 1. The third kappa shape index (κ3) is 3.31. The van der Waals surface area contributed by atoms with Crippen molar-refractivity contribution in [1.82, 2.24) is 10.2 Å². The highest BCUT2D eigenvalue weighted by Crippen LogP contribution is 2.16. The summed E-state index contributed by atoms with van der Waals surface area (Å²) in [7, 11) is 0. The van der Waals surface area contributed by atoms with Gasteiger partial charge in [0.15, 0.2) is 0 Å². The van der Waals surface area contributed by atoms with Gasteiger partial charge in [-0.15, -0.1) is 12.4 Å². The number of halogens is 3. The first-order valence-corrected chi connectivity index (χ1v) is 5.51. The van der Waals surface area contributed by atoms with Gasteiger partial charge in [0.25, 0.3) is 5.91 Å². The molecule has 3 nitrogen and oxygen atoms in total. The van der Waals surface area contributed by atoms with E-state index in [-0.39, 0.29) is 23.9 Å². The van der Waals surface area contributed by atoms with Crippen LogP contribution in [-0.2, 0) is 0 Å². The Morgan fingerprint density at radius 1 is 1.35 bits per heavy atom. The Morgan fingerprint density at radius 2 is 2.00 bits per heavy atom. The smallest absolute Gasteiger partial charge is 0.256 e. The predicted molar refractivity (Wildman–Crippen MR) is 67.4 cm³/mol. The Labute approximate surface area is 110 Å². The quantitative estimate of drug-likeness (QED) is 0.852. The van der Waals surface area contributed by atoms with E-state index < -0.39 is 5.82 Å². The van der Waals surface area contributed by atoms with Crippen LogP contribution in [0.2, 0.25) is 5.02 Å². The predicted octanol–water partition coefficient (Wildman–Crippen LogP) is 1.95. The normalized spacial score (nSPS) is 15.3. The molecular weight excluding hydrogens is 266 g/mol. The number of hydrogen-bond acceptors (Lipinski definition) is 2. The number of piperazine rings is 1. The van der Waals surface area contributed by atoms with Gasteiger partial charge in [0.1, 0.15) is 5.82 Å². The van der Waals surface area contributed by atoms with Crippen LogP contribution in [0.3, 0.4) is 0 Å². The van der Waals surface area contributed by atoms with Crippen molar-refractivity contribution in [3.05, 3.63) is 34.6 Å². The fourth-order valence-electron chi connectivity index (χ4n) is 1.70. The molecule has 0 bridgehead atoms. The van der Waals surface area contributed by atoms with E-state index in [1.54, 1.807) is 4.90 Å². The maximum absolute atomic E-state index is 13.5. The highest BCUT2D eigenvalue weighted by atomic mass is 35.5. The van der Waals surface area contributed by atoms with Crippen LogP contribution >= 0.6 is 24.0 Å². The second kappa shape index (κ2) is 6.19. The fraction of sp³-hybridized carbons (Fsp3) is 0.364. The number of amides is 1. The molecule has 0 spiro atoms. The van der Waals surface area contributed by atoms with Gasteiger partial charge in [-0.3, -0.25) is 4.79 Å². The van der Waals surface area contributed by atoms with Gasteiger partial charge in [0.05, 0.1) is 5.56 Å². The van der Waals surface area contributed by atoms with Gasteiger partial charge in [-0.05, 0) is 18.2 Å². The molecule has 1 fully saturated rings. The first-order chi connectivity index (χ1) is 7.68. The lowest BCUT2D eigenvalue weighted by molar-refractivity contribution is 0.0731. The van der Waals surface area contributed by atoms with Crippen LogP contribution in [0, 0.1) is 5.82 Å². The van der Waals surface area contributed by atoms with Crippen molar-refractivity contribution in [3.8, 4) is 0 Å². The Bertz CT molecular complexity index is 408. The molecule has 0 aliphatic carbocycles. The minimum atomic E-state index is -0.520. The monoisotopic (exact) mass is 278 g/mol. The van der Waals surface area contributed by atoms with E-state index in [2.05, 4.69) is 5.32 Å². The number of carbonyl (C=O) groups excluding carboxylic acids is 1. The average molecular weight is 279 g/mol. The fourth-order valence-corrected chi connectivity index (χ4v) is 1.87. The van der Waals surface area contributed by atoms with Gasteiger partial charge in [0, 0.05) is 31.2 Å². The summed E-state index contributed by atoms with van der Waals surface area (Å²) in [5, 5.41) is 3.51. The number of carbonyl (C=O) groups is 1. The zero-order valence-electron chi connectivity index (χ0n) is 9.08. The van der Waals surface area contributed by atoms with Crippen molar-refractivity contribution in [2.45, 2.75) is 0 Å². The maximum Gasteiger partial charge on any atom is 0.256 e. The lowest BCUT2D eigenvalue weighted by atomic mass is 10.1. The van der Waals surface area contributed by atoms with Gasteiger partial charge in [-0.25, -0.2) is 4.39 Å². The number of nitrogens with zero attached hydrogens (tertiary/aromatic N) is 1. The van der Waals surface area contributed by atoms with E-state index >= 15 is 0 Å². The second-order valence-corrected chi connectivity index (χ2v) is 4.10. The third-order valence-corrected chi connectivity index (χ3v) is 2.80. The molecule has 1 heterocycles. The molecular formula is C11H13Cl2FN2O. The number of rotatable bonds is 1. The van der Waals surface area contributed by atoms with Crippen LogP contribution in [0.15, 0.2) is 18.2 Å². The SMILES string of the molecule is Cl.O=C(c1cc(Cl)ccc1F)N1CCNCC1. The van der Waals surface area contributed by atoms with Crippen LogP contribution in [-0.4, -0.2) is 37.0 Å². The minimum absolute atomic E-state index is 0. The van der Waals surface area contributed by atoms with E-state index in [0.29, 0.717) is 18.1 Å². The summed E-state index contributed by atoms with van der Waals surface area (Å²) < 4.78 is 13.5. The molecule has 94 valence electrons. The zero-order chi connectivity index (χ0) is 11.5. The summed E-state index contributed by atoms with van der Waals surface area (Å²) in [4.78, 5) is 13.6. The van der Waals surface area contributed by atoms with Gasteiger partial charge in [-0.1, -0.05) is 11.6 Å². The Kier molecular flexibility index (Phi) is 5.18. The van der Waals surface area contributed by atoms with Gasteiger partial charge in [-0.2, -0.15) is 0 Å². The minimum Gasteiger partial charge on any atom is -0.336 e. The molecule has 0 radical (unpaired) electrons. The summed E-state index contributed by atoms with van der Waals surface area (Å²) in [6.07, 6.45) is 0. The molecule has 1 amide bonds. The Balaban J connectivity index is 0.00000144. The van der Waals surface area contributed by atoms with E-state index in [9.17, 15) is 9.18 Å². The Hall–Kier alpha value is -0.840. The number of benzene rings is 1. The van der Waals surface area contributed by atoms with Crippen molar-refractivity contribution in [3.63, 3.8) is 0 Å². The highest BCUT2D eigenvalue weighted by molar-refractivity contribution is 6.31. The molecule has 1 aromatic carbocycles. The summed E-state index contributed by atoms with van der Waals surface area (Å²) >= 11 is 5.75. The van der Waals surface area contributed by atoms with Crippen molar-refractivity contribution >= 4 is 29.9 Å². The molecule has 0 unspecified atom stereocenters. The standard InChI is InChI=1S/C11H12ClFN2O.ClH/c12-8-1-2-10(13)9(7-8)11(16)15-5-3-14-4-6-15;/h1-2,7,14H,3-6H2;1H. The second-order valence-electron chi connectivity index (χ2n) is 3.67. The zero-order valence-corrected chi connectivity index (χ0v) is 10.7. The van der Waals surface area contributed by atoms with Gasteiger partial charge >= 0.3 is 0 Å². The number of hydrogen-bond donors (Lipinski definition) is 1. The van der Waals surface area contributed by atoms with Crippen LogP contribution in [0.1, 0.15) is 10.4 Å². The van der Waals surface area contributed by atoms with Crippen LogP contribution in [0.25, 0.3) is 0 Å². The van der Waals surface area contributed by atoms with Crippen molar-refractivity contribution in [1.29, 1.82) is 0 Å². The first-order valence-electron chi connectivity index (χ1n) is 5.13. The average Bonchev–Trinajstić information content (AvgIpc) is 2.32. The topological polar surface area (TPSA) is 32.3 Å². The molecule has 6 heteroatoms. The molecule has 1 aliphatic heterocycles. The molecule has 0 atom stereocenters. The van der Waals surface area contributed by atoms with Crippen LogP contribution in [0.5, 0.6) is 0 Å². The van der Waals surface area contributed by atoms with E-state index in [4.69, 9.17) is 11.6 Å². The molecule has 17 heavy (non-hydrogen) atoms. The highest BCUT2D eigenvalue weighted by Gasteiger charge is 2.20. The van der Waals surface area contributed by atoms with Crippen molar-refractivity contribution < 1.29 is 9.18 Å². The third-order valence-electron chi connectivity index (χ3n) is 2.56. The molecule has 1 aliphatic rings. The van der Waals surface area contributed by atoms with Crippen molar-refractivity contribution in [2.75, 3.05) is 26.2 Å². The molecule has 1 N–H and O–H groups in total. The largest absolute Gasteiger partial charge is 0.336 e. The lowest BCUT2D eigenvalue weighted by Crippen LogP contribution is -2.46.